The molecule has 290 valence electrons. The van der Waals surface area contributed by atoms with Crippen molar-refractivity contribution in [1.29, 1.82) is 5.26 Å². The minimum atomic E-state index is -1.36. The molecule has 3 aromatic rings. The first kappa shape index (κ1) is 39.7. The highest BCUT2D eigenvalue weighted by Gasteiger charge is 2.65. The highest BCUT2D eigenvalue weighted by atomic mass is 16.7. The molecule has 0 spiro atoms. The van der Waals surface area contributed by atoms with Gasteiger partial charge in [0.05, 0.1) is 35.6 Å². The number of amides is 1. The van der Waals surface area contributed by atoms with Gasteiger partial charge in [0.1, 0.15) is 31.3 Å². The number of carbonyl (C=O) groups is 1. The van der Waals surface area contributed by atoms with E-state index in [4.69, 9.17) is 19.0 Å². The Morgan fingerprint density at radius 1 is 1.11 bits per heavy atom. The number of carbonyl (C=O) groups excluding carboxylic acids is 1. The van der Waals surface area contributed by atoms with Gasteiger partial charge in [0, 0.05) is 49.4 Å². The van der Waals surface area contributed by atoms with Crippen LogP contribution in [-0.2, 0) is 16.2 Å². The predicted molar refractivity (Wildman–Crippen MR) is 209 cm³/mol. The maximum absolute atomic E-state index is 14.3. The minimum absolute atomic E-state index is 0.0871. The second-order valence-corrected chi connectivity index (χ2v) is 14.6. The Balaban J connectivity index is 1.52. The van der Waals surface area contributed by atoms with Gasteiger partial charge >= 0.3 is 0 Å². The molecule has 2 aliphatic carbocycles. The molecule has 1 amide bonds. The van der Waals surface area contributed by atoms with E-state index in [1.54, 1.807) is 42.3 Å². The van der Waals surface area contributed by atoms with Gasteiger partial charge in [-0.25, -0.2) is 0 Å². The Hall–Kier alpha value is -5.02. The van der Waals surface area contributed by atoms with Crippen LogP contribution in [0.5, 0.6) is 11.5 Å². The standard InChI is InChI=1S/C44H52N4O7/c1-5-23-54-44-40(48(3)43(51)31-17-15-30(27-45)16-18-31)26-38(47-52-4)36-24-32(12-6-8-21-49)35(14-7-9-22-50)41(42(36)44)37-25-34(19-20-39(37)55-44)53-28-33-13-10-11-29(2)46-33/h5,10-11,13,15-20,24-25,32,35,40-42,49-50H,1,6-9,12,14,21-23,26,28H2,2-4H3. The summed E-state index contributed by atoms with van der Waals surface area (Å²) in [4.78, 5) is 26.1. The summed E-state index contributed by atoms with van der Waals surface area (Å²) in [5, 5.41) is 33.6. The SMILES string of the molecule is C=CCOC12Oc3ccc(OCc4cccc(C)n4)cc3C3C(CCCCO)C(CCCCO)C=C(C(=NOC)CC1N(C)C(=O)c1ccc(C#N)cc1)C32. The van der Waals surface area contributed by atoms with Gasteiger partial charge in [0.15, 0.2) is 0 Å². The number of aliphatic hydroxyl groups is 2. The van der Waals surface area contributed by atoms with Gasteiger partial charge in [-0.05, 0) is 105 Å². The summed E-state index contributed by atoms with van der Waals surface area (Å²) in [6.07, 6.45) is 8.99. The molecule has 1 saturated carbocycles. The van der Waals surface area contributed by atoms with Crippen molar-refractivity contribution in [3.63, 3.8) is 0 Å². The van der Waals surface area contributed by atoms with Crippen molar-refractivity contribution >= 4 is 11.6 Å². The molecule has 1 aliphatic heterocycles. The molecule has 2 N–H and O–H groups in total. The van der Waals surface area contributed by atoms with Crippen molar-refractivity contribution in [3.8, 4) is 17.6 Å². The fourth-order valence-corrected chi connectivity index (χ4v) is 8.80. The number of aryl methyl sites for hydroxylation is 1. The number of benzene rings is 2. The number of fused-ring (bicyclic) bond motifs is 2. The molecule has 3 aliphatic rings. The van der Waals surface area contributed by atoms with Gasteiger partial charge < -0.3 is 34.2 Å². The zero-order valence-corrected chi connectivity index (χ0v) is 32.0. The Morgan fingerprint density at radius 3 is 2.56 bits per heavy atom. The Bertz CT molecular complexity index is 1920. The third-order valence-corrected chi connectivity index (χ3v) is 11.2. The van der Waals surface area contributed by atoms with Crippen LogP contribution in [0.25, 0.3) is 0 Å². The number of aromatic nitrogens is 1. The number of allylic oxidation sites excluding steroid dienone is 1. The summed E-state index contributed by atoms with van der Waals surface area (Å²) in [6, 6.07) is 19.8. The summed E-state index contributed by atoms with van der Waals surface area (Å²) in [7, 11) is 3.28. The molecular formula is C44H52N4O7. The van der Waals surface area contributed by atoms with Crippen LogP contribution in [-0.4, -0.2) is 77.5 Å². The van der Waals surface area contributed by atoms with Crippen molar-refractivity contribution in [2.45, 2.75) is 76.2 Å². The largest absolute Gasteiger partial charge is 0.487 e. The van der Waals surface area contributed by atoms with Crippen LogP contribution in [0, 0.1) is 36.0 Å². The number of hydrogen-bond donors (Lipinski definition) is 2. The van der Waals surface area contributed by atoms with E-state index in [0.717, 1.165) is 48.2 Å². The topological polar surface area (TPSA) is 147 Å². The number of unbranched alkanes of at least 4 members (excludes halogenated alkanes) is 2. The van der Waals surface area contributed by atoms with Gasteiger partial charge in [0.2, 0.25) is 5.79 Å². The van der Waals surface area contributed by atoms with E-state index in [9.17, 15) is 20.3 Å². The van der Waals surface area contributed by atoms with Crippen molar-refractivity contribution in [2.75, 3.05) is 34.0 Å². The number of nitriles is 1. The highest BCUT2D eigenvalue weighted by molar-refractivity contribution is 6.03. The van der Waals surface area contributed by atoms with Crippen LogP contribution < -0.4 is 9.47 Å². The van der Waals surface area contributed by atoms with Gasteiger partial charge in [-0.15, -0.1) is 6.58 Å². The molecule has 1 fully saturated rings. The van der Waals surface area contributed by atoms with Crippen LogP contribution in [0.3, 0.4) is 0 Å². The van der Waals surface area contributed by atoms with Crippen molar-refractivity contribution in [3.05, 3.63) is 113 Å². The first-order valence-corrected chi connectivity index (χ1v) is 19.2. The molecule has 2 aromatic carbocycles. The summed E-state index contributed by atoms with van der Waals surface area (Å²) in [6.45, 7) is 6.61. The lowest BCUT2D eigenvalue weighted by atomic mass is 9.55. The zero-order chi connectivity index (χ0) is 39.0. The predicted octanol–water partition coefficient (Wildman–Crippen LogP) is 6.88. The fourth-order valence-electron chi connectivity index (χ4n) is 8.80. The number of aliphatic hydroxyl groups excluding tert-OH is 2. The fraction of sp³-hybridized carbons (Fsp3) is 0.455. The lowest BCUT2D eigenvalue weighted by molar-refractivity contribution is -0.252. The number of oxime groups is 1. The molecule has 6 atom stereocenters. The Labute approximate surface area is 323 Å². The highest BCUT2D eigenvalue weighted by Crippen LogP contribution is 2.61. The van der Waals surface area contributed by atoms with Gasteiger partial charge in [-0.2, -0.15) is 5.26 Å². The van der Waals surface area contributed by atoms with E-state index in [1.807, 2.05) is 37.3 Å². The molecule has 11 nitrogen and oxygen atoms in total. The Kier molecular flexibility index (Phi) is 13.0. The zero-order valence-electron chi connectivity index (χ0n) is 32.0. The first-order valence-electron chi connectivity index (χ1n) is 19.2. The lowest BCUT2D eigenvalue weighted by Crippen LogP contribution is -2.69. The van der Waals surface area contributed by atoms with Gasteiger partial charge in [-0.1, -0.05) is 36.2 Å². The molecule has 0 bridgehead atoms. The van der Waals surface area contributed by atoms with Gasteiger partial charge in [-0.3, -0.25) is 9.78 Å². The van der Waals surface area contributed by atoms with Crippen LogP contribution in [0.2, 0.25) is 0 Å². The normalized spacial score (nSPS) is 24.4. The molecule has 55 heavy (non-hydrogen) atoms. The molecular weight excluding hydrogens is 697 g/mol. The molecule has 0 radical (unpaired) electrons. The quantitative estimate of drug-likeness (QED) is 0.0857. The first-order chi connectivity index (χ1) is 26.8. The smallest absolute Gasteiger partial charge is 0.254 e. The molecule has 0 saturated heterocycles. The van der Waals surface area contributed by atoms with E-state index < -0.39 is 17.7 Å². The molecule has 2 heterocycles. The summed E-state index contributed by atoms with van der Waals surface area (Å²) >= 11 is 0. The monoisotopic (exact) mass is 748 g/mol. The van der Waals surface area contributed by atoms with E-state index in [1.165, 1.54) is 7.11 Å². The minimum Gasteiger partial charge on any atom is -0.487 e. The maximum atomic E-state index is 14.3. The second-order valence-electron chi connectivity index (χ2n) is 14.6. The Morgan fingerprint density at radius 2 is 1.87 bits per heavy atom. The number of likely N-dealkylation sites (N-methyl/N-ethyl adjacent to an activating group) is 1. The molecule has 11 heteroatoms. The number of rotatable bonds is 17. The summed E-state index contributed by atoms with van der Waals surface area (Å²) in [5.41, 5.74) is 5.28. The van der Waals surface area contributed by atoms with E-state index in [-0.39, 0.29) is 49.9 Å². The van der Waals surface area contributed by atoms with Crippen molar-refractivity contribution in [2.24, 2.45) is 22.9 Å². The number of nitrogens with zero attached hydrogens (tertiary/aromatic N) is 4. The summed E-state index contributed by atoms with van der Waals surface area (Å²) in [5.74, 6) is -0.686. The maximum Gasteiger partial charge on any atom is 0.254 e. The lowest BCUT2D eigenvalue weighted by Gasteiger charge is -2.59. The van der Waals surface area contributed by atoms with Crippen molar-refractivity contribution in [1.82, 2.24) is 9.88 Å². The molecule has 6 rings (SSSR count). The molecule has 6 unspecified atom stereocenters. The number of ether oxygens (including phenoxy) is 3. The van der Waals surface area contributed by atoms with E-state index in [0.29, 0.717) is 47.8 Å². The van der Waals surface area contributed by atoms with Crippen LogP contribution in [0.4, 0.5) is 0 Å². The number of pyridine rings is 1. The molecule has 1 aromatic heterocycles. The summed E-state index contributed by atoms with van der Waals surface area (Å²) < 4.78 is 20.5. The van der Waals surface area contributed by atoms with Crippen LogP contribution in [0.1, 0.15) is 83.7 Å². The third kappa shape index (κ3) is 8.32. The average Bonchev–Trinajstić information content (AvgIpc) is 3.20. The third-order valence-electron chi connectivity index (χ3n) is 11.2. The van der Waals surface area contributed by atoms with Crippen molar-refractivity contribution < 1.29 is 34.1 Å². The number of hydrogen-bond acceptors (Lipinski definition) is 10. The van der Waals surface area contributed by atoms with Crippen LogP contribution in [0.15, 0.2) is 90.1 Å². The van der Waals surface area contributed by atoms with E-state index in [2.05, 4.69) is 34.9 Å². The van der Waals surface area contributed by atoms with E-state index >= 15 is 0 Å². The van der Waals surface area contributed by atoms with Crippen LogP contribution >= 0.6 is 0 Å². The second kappa shape index (κ2) is 18.1. The van der Waals surface area contributed by atoms with Gasteiger partial charge in [0.25, 0.3) is 5.91 Å². The average molecular weight is 749 g/mol.